The Balaban J connectivity index is 1.66. The third-order valence-electron chi connectivity index (χ3n) is 5.23. The van der Waals surface area contributed by atoms with Gasteiger partial charge < -0.3 is 4.42 Å². The molecule has 0 saturated heterocycles. The average molecular weight is 453 g/mol. The van der Waals surface area contributed by atoms with E-state index in [1.165, 1.54) is 24.3 Å². The Labute approximate surface area is 185 Å². The number of carbonyl (C=O) groups excluding carboxylic acids is 1. The van der Waals surface area contributed by atoms with Gasteiger partial charge in [0.05, 0.1) is 10.8 Å². The smallest absolute Gasteiger partial charge is 0.302 e. The molecule has 164 valence electrons. The van der Waals surface area contributed by atoms with Gasteiger partial charge in [0.1, 0.15) is 11.3 Å². The van der Waals surface area contributed by atoms with E-state index in [2.05, 4.69) is 10.3 Å². The number of amides is 1. The first-order valence-corrected chi connectivity index (χ1v) is 11.8. The minimum atomic E-state index is -3.36. The van der Waals surface area contributed by atoms with E-state index in [9.17, 15) is 17.6 Å². The van der Waals surface area contributed by atoms with E-state index in [1.807, 2.05) is 19.1 Å². The van der Waals surface area contributed by atoms with Gasteiger partial charge in [-0.1, -0.05) is 36.4 Å². The number of para-hydroxylation sites is 1. The standard InChI is InChI=1S/C24H21FN2O4S/c1-15-4-3-5-21-22(15)26-24(31-21)27-23(28)20(14-16-6-10-18(25)11-7-16)17-8-12-19(13-9-17)32(2,29)30/h3-13,20H,14H2,1-2H3,(H,26,27,28). The largest absolute Gasteiger partial charge is 0.423 e. The molecule has 32 heavy (non-hydrogen) atoms. The molecule has 0 spiro atoms. The predicted molar refractivity (Wildman–Crippen MR) is 120 cm³/mol. The summed E-state index contributed by atoms with van der Waals surface area (Å²) in [6.45, 7) is 1.90. The molecule has 4 rings (SSSR count). The number of nitrogens with one attached hydrogen (secondary N) is 1. The van der Waals surface area contributed by atoms with Crippen molar-refractivity contribution in [3.63, 3.8) is 0 Å². The van der Waals surface area contributed by atoms with Crippen LogP contribution in [-0.4, -0.2) is 25.6 Å². The summed E-state index contributed by atoms with van der Waals surface area (Å²) in [6.07, 6.45) is 1.41. The Kier molecular flexibility index (Phi) is 5.80. The molecule has 1 aromatic heterocycles. The van der Waals surface area contributed by atoms with Crippen LogP contribution in [0.15, 0.2) is 76.0 Å². The summed E-state index contributed by atoms with van der Waals surface area (Å²) in [5.74, 6) is -1.41. The second-order valence-electron chi connectivity index (χ2n) is 7.65. The number of carbonyl (C=O) groups is 1. The van der Waals surface area contributed by atoms with E-state index in [0.717, 1.165) is 17.4 Å². The van der Waals surface area contributed by atoms with Gasteiger partial charge in [-0.25, -0.2) is 12.8 Å². The molecule has 1 amide bonds. The van der Waals surface area contributed by atoms with E-state index < -0.39 is 15.8 Å². The van der Waals surface area contributed by atoms with Gasteiger partial charge in [0.25, 0.3) is 0 Å². The van der Waals surface area contributed by atoms with E-state index in [-0.39, 0.29) is 29.1 Å². The minimum Gasteiger partial charge on any atom is -0.423 e. The van der Waals surface area contributed by atoms with E-state index in [1.54, 1.807) is 30.3 Å². The van der Waals surface area contributed by atoms with Crippen molar-refractivity contribution in [3.05, 3.63) is 89.2 Å². The van der Waals surface area contributed by atoms with Crippen LogP contribution in [0.25, 0.3) is 11.1 Å². The molecule has 3 aromatic carbocycles. The van der Waals surface area contributed by atoms with E-state index >= 15 is 0 Å². The zero-order valence-corrected chi connectivity index (χ0v) is 18.3. The second kappa shape index (κ2) is 8.55. The van der Waals surface area contributed by atoms with Crippen LogP contribution < -0.4 is 5.32 Å². The van der Waals surface area contributed by atoms with Crippen LogP contribution in [0, 0.1) is 12.7 Å². The van der Waals surface area contributed by atoms with Crippen molar-refractivity contribution in [2.75, 3.05) is 11.6 Å². The number of halogens is 1. The summed E-state index contributed by atoms with van der Waals surface area (Å²) >= 11 is 0. The fourth-order valence-corrected chi connectivity index (χ4v) is 4.13. The van der Waals surface area contributed by atoms with E-state index in [0.29, 0.717) is 16.7 Å². The molecule has 8 heteroatoms. The van der Waals surface area contributed by atoms with Gasteiger partial charge in [0.15, 0.2) is 15.4 Å². The fourth-order valence-electron chi connectivity index (χ4n) is 3.50. The van der Waals surface area contributed by atoms with Crippen molar-refractivity contribution in [2.45, 2.75) is 24.2 Å². The molecule has 0 fully saturated rings. The van der Waals surface area contributed by atoms with E-state index in [4.69, 9.17) is 4.42 Å². The quantitative estimate of drug-likeness (QED) is 0.460. The lowest BCUT2D eigenvalue weighted by Gasteiger charge is -2.17. The molecule has 0 bridgehead atoms. The summed E-state index contributed by atoms with van der Waals surface area (Å²) < 4.78 is 42.6. The monoisotopic (exact) mass is 452 g/mol. The van der Waals surface area contributed by atoms with Crippen molar-refractivity contribution in [2.24, 2.45) is 0 Å². The fraction of sp³-hybridized carbons (Fsp3) is 0.167. The maximum absolute atomic E-state index is 13.3. The molecular weight excluding hydrogens is 431 g/mol. The van der Waals surface area contributed by atoms with Crippen LogP contribution in [0.5, 0.6) is 0 Å². The number of sulfone groups is 1. The molecule has 0 aliphatic heterocycles. The van der Waals surface area contributed by atoms with Crippen LogP contribution in [0.2, 0.25) is 0 Å². The molecule has 1 atom stereocenters. The van der Waals surface area contributed by atoms with Gasteiger partial charge >= 0.3 is 6.01 Å². The number of fused-ring (bicyclic) bond motifs is 1. The third-order valence-corrected chi connectivity index (χ3v) is 6.36. The van der Waals surface area contributed by atoms with Crippen molar-refractivity contribution >= 4 is 32.9 Å². The normalized spacial score (nSPS) is 12.6. The Morgan fingerprint density at radius 2 is 1.75 bits per heavy atom. The highest BCUT2D eigenvalue weighted by Crippen LogP contribution is 2.27. The van der Waals surface area contributed by atoms with Gasteiger partial charge in [-0.2, -0.15) is 4.98 Å². The molecule has 0 saturated carbocycles. The number of benzene rings is 3. The average Bonchev–Trinajstić information content (AvgIpc) is 3.16. The summed E-state index contributed by atoms with van der Waals surface area (Å²) in [7, 11) is -3.36. The summed E-state index contributed by atoms with van der Waals surface area (Å²) in [6, 6.07) is 17.7. The lowest BCUT2D eigenvalue weighted by Crippen LogP contribution is -2.23. The molecule has 0 radical (unpaired) electrons. The second-order valence-corrected chi connectivity index (χ2v) is 9.67. The van der Waals surface area contributed by atoms with Gasteiger partial charge in [0.2, 0.25) is 5.91 Å². The van der Waals surface area contributed by atoms with Crippen LogP contribution >= 0.6 is 0 Å². The summed E-state index contributed by atoms with van der Waals surface area (Å²) in [4.78, 5) is 17.8. The van der Waals surface area contributed by atoms with Gasteiger partial charge in [-0.3, -0.25) is 10.1 Å². The van der Waals surface area contributed by atoms with Crippen LogP contribution in [-0.2, 0) is 21.1 Å². The van der Waals surface area contributed by atoms with Gasteiger partial charge in [-0.15, -0.1) is 0 Å². The number of hydrogen-bond acceptors (Lipinski definition) is 5. The van der Waals surface area contributed by atoms with Gasteiger partial charge in [0, 0.05) is 6.26 Å². The third kappa shape index (κ3) is 4.70. The predicted octanol–water partition coefficient (Wildman–Crippen LogP) is 4.64. The van der Waals surface area contributed by atoms with Crippen molar-refractivity contribution in [1.82, 2.24) is 4.98 Å². The molecule has 0 aliphatic carbocycles. The number of anilines is 1. The Hall–Kier alpha value is -3.52. The van der Waals surface area contributed by atoms with Crippen LogP contribution in [0.3, 0.4) is 0 Å². The molecule has 4 aromatic rings. The van der Waals surface area contributed by atoms with Crippen molar-refractivity contribution in [1.29, 1.82) is 0 Å². The highest BCUT2D eigenvalue weighted by atomic mass is 32.2. The molecule has 0 aliphatic rings. The number of aromatic nitrogens is 1. The topological polar surface area (TPSA) is 89.3 Å². The highest BCUT2D eigenvalue weighted by molar-refractivity contribution is 7.90. The van der Waals surface area contributed by atoms with Crippen molar-refractivity contribution in [3.8, 4) is 0 Å². The van der Waals surface area contributed by atoms with Gasteiger partial charge in [-0.05, 0) is 60.4 Å². The first-order valence-electron chi connectivity index (χ1n) is 9.92. The SMILES string of the molecule is Cc1cccc2oc(NC(=O)C(Cc3ccc(F)cc3)c3ccc(S(C)(=O)=O)cc3)nc12. The number of nitrogens with zero attached hydrogens (tertiary/aromatic N) is 1. The van der Waals surface area contributed by atoms with Crippen molar-refractivity contribution < 1.29 is 22.0 Å². The number of oxazole rings is 1. The lowest BCUT2D eigenvalue weighted by atomic mass is 9.91. The molecule has 1 unspecified atom stereocenters. The first kappa shape index (κ1) is 21.7. The Morgan fingerprint density at radius 1 is 1.06 bits per heavy atom. The minimum absolute atomic E-state index is 0.0798. The zero-order chi connectivity index (χ0) is 22.9. The summed E-state index contributed by atoms with van der Waals surface area (Å²) in [5, 5.41) is 2.72. The molecule has 1 heterocycles. The maximum Gasteiger partial charge on any atom is 0.302 e. The number of hydrogen-bond donors (Lipinski definition) is 1. The number of rotatable bonds is 6. The molecule has 1 N–H and O–H groups in total. The lowest BCUT2D eigenvalue weighted by molar-refractivity contribution is -0.117. The highest BCUT2D eigenvalue weighted by Gasteiger charge is 2.24. The molecule has 6 nitrogen and oxygen atoms in total. The van der Waals surface area contributed by atoms with Crippen LogP contribution in [0.4, 0.5) is 10.4 Å². The zero-order valence-electron chi connectivity index (χ0n) is 17.5. The Morgan fingerprint density at radius 3 is 2.38 bits per heavy atom. The first-order chi connectivity index (χ1) is 15.2. The Bertz CT molecular complexity index is 1380. The maximum atomic E-state index is 13.3. The number of aryl methyl sites for hydroxylation is 1. The van der Waals surface area contributed by atoms with Crippen LogP contribution in [0.1, 0.15) is 22.6 Å². The summed E-state index contributed by atoms with van der Waals surface area (Å²) in [5.41, 5.74) is 3.52. The molecular formula is C24H21FN2O4S.